The van der Waals surface area contributed by atoms with Gasteiger partial charge in [0.05, 0.1) is 17.8 Å². The zero-order chi connectivity index (χ0) is 30.1. The lowest BCUT2D eigenvalue weighted by Crippen LogP contribution is -2.44. The summed E-state index contributed by atoms with van der Waals surface area (Å²) in [6.45, 7) is -0.871. The van der Waals surface area contributed by atoms with Gasteiger partial charge in [-0.25, -0.2) is 4.68 Å². The molecule has 2 aromatic rings. The number of aromatic nitrogens is 2. The van der Waals surface area contributed by atoms with Gasteiger partial charge in [0.25, 0.3) is 5.60 Å². The standard InChI is InChI=1S/C23H21F9N4O4/c1-12-7-13(3-4-14(12)16(37)5-6-19(38)33-10-21(24,25)26)15-9-20(40-35-15,23(30,31)32)18-8-17(22(27,28)29)34-36(18)11-39-2/h3-4,7-8H,5-6,9-11H2,1-2H3,(H,33,38). The van der Waals surface area contributed by atoms with Crippen molar-refractivity contribution in [2.24, 2.45) is 5.16 Å². The molecule has 1 unspecified atom stereocenters. The second-order valence-corrected chi connectivity index (χ2v) is 8.81. The second-order valence-electron chi connectivity index (χ2n) is 8.81. The lowest BCUT2D eigenvalue weighted by atomic mass is 9.88. The Morgan fingerprint density at radius 1 is 1.07 bits per heavy atom. The molecule has 2 heterocycles. The number of nitrogens with zero attached hydrogens (tertiary/aromatic N) is 3. The van der Waals surface area contributed by atoms with Crippen LogP contribution in [-0.4, -0.2) is 53.2 Å². The van der Waals surface area contributed by atoms with Crippen LogP contribution in [0, 0.1) is 6.92 Å². The molecule has 3 rings (SSSR count). The number of ketones is 1. The third kappa shape index (κ3) is 6.74. The first-order valence-electron chi connectivity index (χ1n) is 11.3. The van der Waals surface area contributed by atoms with E-state index in [1.807, 2.05) is 0 Å². The van der Waals surface area contributed by atoms with Gasteiger partial charge in [-0.1, -0.05) is 17.3 Å². The molecule has 1 aromatic carbocycles. The molecule has 8 nitrogen and oxygen atoms in total. The molecule has 0 fully saturated rings. The van der Waals surface area contributed by atoms with Crippen molar-refractivity contribution >= 4 is 17.4 Å². The highest BCUT2D eigenvalue weighted by Gasteiger charge is 2.64. The van der Waals surface area contributed by atoms with Gasteiger partial charge in [-0.15, -0.1) is 0 Å². The number of oxime groups is 1. The summed E-state index contributed by atoms with van der Waals surface area (Å²) >= 11 is 0. The zero-order valence-electron chi connectivity index (χ0n) is 20.7. The molecule has 1 aliphatic rings. The minimum absolute atomic E-state index is 0.0574. The number of ether oxygens (including phenoxy) is 1. The maximum absolute atomic E-state index is 14.3. The average Bonchev–Trinajstić information content (AvgIpc) is 3.46. The van der Waals surface area contributed by atoms with Crippen molar-refractivity contribution in [3.05, 3.63) is 52.3 Å². The molecule has 0 radical (unpaired) electrons. The number of Topliss-reactive ketones (excluding diaryl/α,β-unsaturated/α-hetero) is 1. The predicted octanol–water partition coefficient (Wildman–Crippen LogP) is 5.04. The van der Waals surface area contributed by atoms with E-state index in [1.165, 1.54) is 25.1 Å². The van der Waals surface area contributed by atoms with Gasteiger partial charge in [-0.05, 0) is 30.2 Å². The Balaban J connectivity index is 1.82. The van der Waals surface area contributed by atoms with Crippen LogP contribution in [0.4, 0.5) is 39.5 Å². The van der Waals surface area contributed by atoms with Gasteiger partial charge in [0.1, 0.15) is 13.3 Å². The number of nitrogens with one attached hydrogen (secondary N) is 1. The van der Waals surface area contributed by atoms with Gasteiger partial charge >= 0.3 is 18.5 Å². The summed E-state index contributed by atoms with van der Waals surface area (Å²) in [5, 5.41) is 8.31. The summed E-state index contributed by atoms with van der Waals surface area (Å²) < 4.78 is 124. The van der Waals surface area contributed by atoms with Crippen molar-refractivity contribution in [3.63, 3.8) is 0 Å². The van der Waals surface area contributed by atoms with Crippen molar-refractivity contribution < 1.29 is 58.7 Å². The maximum Gasteiger partial charge on any atom is 0.437 e. The third-order valence-electron chi connectivity index (χ3n) is 5.85. The molecule has 220 valence electrons. The normalized spacial score (nSPS) is 17.9. The Bertz CT molecular complexity index is 1300. The smallest absolute Gasteiger partial charge is 0.372 e. The van der Waals surface area contributed by atoms with Crippen molar-refractivity contribution in [3.8, 4) is 0 Å². The van der Waals surface area contributed by atoms with Crippen molar-refractivity contribution in [2.45, 2.75) is 57.0 Å². The van der Waals surface area contributed by atoms with Gasteiger partial charge in [0, 0.05) is 25.5 Å². The third-order valence-corrected chi connectivity index (χ3v) is 5.85. The molecule has 0 spiro atoms. The zero-order valence-corrected chi connectivity index (χ0v) is 20.7. The number of hydrogen-bond acceptors (Lipinski definition) is 6. The molecule has 1 amide bonds. The summed E-state index contributed by atoms with van der Waals surface area (Å²) in [6.07, 6.45) is -16.9. The van der Waals surface area contributed by atoms with Crippen molar-refractivity contribution in [1.29, 1.82) is 0 Å². The van der Waals surface area contributed by atoms with Crippen LogP contribution in [0.3, 0.4) is 0 Å². The number of methoxy groups -OCH3 is 1. The van der Waals surface area contributed by atoms with E-state index in [0.717, 1.165) is 7.11 Å². The minimum atomic E-state index is -5.25. The predicted molar refractivity (Wildman–Crippen MR) is 118 cm³/mol. The fraction of sp³-hybridized carbons (Fsp3) is 0.478. The second kappa shape index (κ2) is 11.1. The van der Waals surface area contributed by atoms with E-state index in [2.05, 4.69) is 10.3 Å². The molecule has 0 aliphatic carbocycles. The highest BCUT2D eigenvalue weighted by atomic mass is 19.4. The lowest BCUT2D eigenvalue weighted by molar-refractivity contribution is -0.278. The van der Waals surface area contributed by atoms with Gasteiger partial charge in [-0.2, -0.15) is 44.6 Å². The first kappa shape index (κ1) is 30.9. The summed E-state index contributed by atoms with van der Waals surface area (Å²) in [6, 6.07) is 3.96. The number of hydrogen-bond donors (Lipinski definition) is 1. The van der Waals surface area contributed by atoms with E-state index in [1.54, 1.807) is 5.32 Å². The number of halogens is 9. The highest BCUT2D eigenvalue weighted by molar-refractivity contribution is 6.04. The Morgan fingerprint density at radius 2 is 1.75 bits per heavy atom. The number of carbonyl (C=O) groups is 2. The number of benzene rings is 1. The molecule has 17 heteroatoms. The van der Waals surface area contributed by atoms with Crippen LogP contribution >= 0.6 is 0 Å². The molecule has 0 saturated heterocycles. The number of rotatable bonds is 9. The van der Waals surface area contributed by atoms with Gasteiger partial charge < -0.3 is 14.9 Å². The summed E-state index contributed by atoms with van der Waals surface area (Å²) in [7, 11) is 1.05. The molecule has 40 heavy (non-hydrogen) atoms. The van der Waals surface area contributed by atoms with Gasteiger partial charge in [0.2, 0.25) is 5.91 Å². The van der Waals surface area contributed by atoms with Crippen LogP contribution in [0.2, 0.25) is 0 Å². The number of carbonyl (C=O) groups excluding carboxylic acids is 2. The SMILES string of the molecule is COCn1nc(C(F)(F)F)cc1C1(C(F)(F)F)CC(c2ccc(C(=O)CCC(=O)NCC(F)(F)F)c(C)c2)=NO1. The van der Waals surface area contributed by atoms with E-state index in [4.69, 9.17) is 9.57 Å². The van der Waals surface area contributed by atoms with Crippen LogP contribution in [0.15, 0.2) is 29.4 Å². The first-order valence-corrected chi connectivity index (χ1v) is 11.3. The Labute approximate surface area is 220 Å². The van der Waals surface area contributed by atoms with Crippen LogP contribution in [0.1, 0.15) is 52.1 Å². The van der Waals surface area contributed by atoms with E-state index < -0.39 is 79.7 Å². The topological polar surface area (TPSA) is 94.8 Å². The Morgan fingerprint density at radius 3 is 2.30 bits per heavy atom. The fourth-order valence-corrected chi connectivity index (χ4v) is 3.93. The van der Waals surface area contributed by atoms with E-state index >= 15 is 0 Å². The molecule has 1 atom stereocenters. The quantitative estimate of drug-likeness (QED) is 0.328. The lowest BCUT2D eigenvalue weighted by Gasteiger charge is -2.29. The van der Waals surface area contributed by atoms with E-state index in [-0.39, 0.29) is 28.5 Å². The molecule has 1 aliphatic heterocycles. The Kier molecular flexibility index (Phi) is 8.57. The highest BCUT2D eigenvalue weighted by Crippen LogP contribution is 2.49. The van der Waals surface area contributed by atoms with Crippen LogP contribution in [0.5, 0.6) is 0 Å². The van der Waals surface area contributed by atoms with E-state index in [0.29, 0.717) is 4.68 Å². The minimum Gasteiger partial charge on any atom is -0.372 e. The fourth-order valence-electron chi connectivity index (χ4n) is 3.93. The largest absolute Gasteiger partial charge is 0.437 e. The molecular weight excluding hydrogens is 567 g/mol. The molecule has 0 bridgehead atoms. The average molecular weight is 588 g/mol. The molecule has 1 N–H and O–H groups in total. The number of amides is 1. The Hall–Kier alpha value is -3.63. The maximum atomic E-state index is 14.3. The van der Waals surface area contributed by atoms with E-state index in [9.17, 15) is 49.1 Å². The number of aryl methyl sites for hydroxylation is 1. The van der Waals surface area contributed by atoms with Gasteiger partial charge in [0.15, 0.2) is 11.5 Å². The summed E-state index contributed by atoms with van der Waals surface area (Å²) in [5.74, 6) is -1.61. The van der Waals surface area contributed by atoms with Crippen LogP contribution in [0.25, 0.3) is 0 Å². The molecule has 0 saturated carbocycles. The molecular formula is C23H21F9N4O4. The van der Waals surface area contributed by atoms with Crippen LogP contribution in [-0.2, 0) is 32.9 Å². The molecule has 1 aromatic heterocycles. The van der Waals surface area contributed by atoms with Crippen molar-refractivity contribution in [2.75, 3.05) is 13.7 Å². The van der Waals surface area contributed by atoms with Gasteiger partial charge in [-0.3, -0.25) is 9.59 Å². The summed E-state index contributed by atoms with van der Waals surface area (Å²) in [5.41, 5.74) is -5.83. The number of alkyl halides is 9. The van der Waals surface area contributed by atoms with Crippen molar-refractivity contribution in [1.82, 2.24) is 15.1 Å². The monoisotopic (exact) mass is 588 g/mol. The first-order chi connectivity index (χ1) is 18.4. The summed E-state index contributed by atoms with van der Waals surface area (Å²) in [4.78, 5) is 28.8. The van der Waals surface area contributed by atoms with Crippen LogP contribution < -0.4 is 5.32 Å².